The zero-order valence-electron chi connectivity index (χ0n) is 17.6. The molecule has 7 nitrogen and oxygen atoms in total. The number of benzene rings is 2. The Labute approximate surface area is 183 Å². The van der Waals surface area contributed by atoms with Crippen molar-refractivity contribution in [1.29, 1.82) is 0 Å². The first-order chi connectivity index (χ1) is 14.9. The molecule has 1 amide bonds. The summed E-state index contributed by atoms with van der Waals surface area (Å²) in [5, 5.41) is 0. The Morgan fingerprint density at radius 2 is 1.74 bits per heavy atom. The average Bonchev–Trinajstić information content (AvgIpc) is 2.79. The van der Waals surface area contributed by atoms with Crippen molar-refractivity contribution in [3.05, 3.63) is 54.1 Å². The van der Waals surface area contributed by atoms with Crippen LogP contribution in [0.1, 0.15) is 25.3 Å². The summed E-state index contributed by atoms with van der Waals surface area (Å²) in [4.78, 5) is 15.1. The number of amides is 1. The van der Waals surface area contributed by atoms with Crippen molar-refractivity contribution in [3.63, 3.8) is 0 Å². The van der Waals surface area contributed by atoms with E-state index >= 15 is 0 Å². The number of hydrogen-bond donors (Lipinski definition) is 1. The lowest BCUT2D eigenvalue weighted by molar-refractivity contribution is -0.134. The van der Waals surface area contributed by atoms with Gasteiger partial charge in [0.25, 0.3) is 0 Å². The molecule has 0 aliphatic carbocycles. The highest BCUT2D eigenvalue weighted by atomic mass is 32.2. The Hall–Kier alpha value is -2.58. The third kappa shape index (κ3) is 5.19. The van der Waals surface area contributed by atoms with Crippen molar-refractivity contribution in [2.75, 3.05) is 26.3 Å². The average molecular weight is 445 g/mol. The van der Waals surface area contributed by atoms with E-state index in [1.165, 1.54) is 12.1 Å². The maximum absolute atomic E-state index is 13.3. The molecule has 31 heavy (non-hydrogen) atoms. The van der Waals surface area contributed by atoms with Crippen molar-refractivity contribution in [1.82, 2.24) is 9.62 Å². The quantitative estimate of drug-likeness (QED) is 0.740. The van der Waals surface area contributed by atoms with Crippen LogP contribution in [0.15, 0.2) is 53.4 Å². The molecule has 0 bridgehead atoms. The molecule has 0 unspecified atom stereocenters. The third-order valence-electron chi connectivity index (χ3n) is 5.80. The number of piperidine rings is 1. The summed E-state index contributed by atoms with van der Waals surface area (Å²) < 4.78 is 40.0. The smallest absolute Gasteiger partial charge is 0.241 e. The van der Waals surface area contributed by atoms with Gasteiger partial charge in [-0.3, -0.25) is 4.79 Å². The Kier molecular flexibility index (Phi) is 6.48. The van der Waals surface area contributed by atoms with E-state index in [1.54, 1.807) is 11.0 Å². The Balaban J connectivity index is 1.57. The van der Waals surface area contributed by atoms with Crippen LogP contribution in [0.3, 0.4) is 0 Å². The molecule has 0 radical (unpaired) electrons. The van der Waals surface area contributed by atoms with Gasteiger partial charge in [0.15, 0.2) is 11.5 Å². The van der Waals surface area contributed by atoms with Crippen molar-refractivity contribution < 1.29 is 22.7 Å². The standard InChI is InChI=1S/C23H28N2O5S/c1-17-9-11-25(12-10-17)23(26)20(15-18-5-3-2-4-6-18)24-31(27,28)19-7-8-21-22(16-19)30-14-13-29-21/h2-8,16-17,20,24H,9-15H2,1H3/t20-/m1/s1. The highest BCUT2D eigenvalue weighted by Gasteiger charge is 2.31. The maximum Gasteiger partial charge on any atom is 0.241 e. The monoisotopic (exact) mass is 444 g/mol. The number of hydrogen-bond acceptors (Lipinski definition) is 5. The van der Waals surface area contributed by atoms with Crippen LogP contribution in [0.4, 0.5) is 0 Å². The normalized spacial score (nSPS) is 17.9. The molecule has 2 aromatic carbocycles. The van der Waals surface area contributed by atoms with E-state index < -0.39 is 16.1 Å². The fourth-order valence-electron chi connectivity index (χ4n) is 3.92. The highest BCUT2D eigenvalue weighted by molar-refractivity contribution is 7.89. The first kappa shape index (κ1) is 21.6. The number of fused-ring (bicyclic) bond motifs is 1. The van der Waals surface area contributed by atoms with Crippen LogP contribution in [0.25, 0.3) is 0 Å². The second kappa shape index (κ2) is 9.28. The van der Waals surface area contributed by atoms with Gasteiger partial charge in [-0.1, -0.05) is 37.3 Å². The number of nitrogens with zero attached hydrogens (tertiary/aromatic N) is 1. The predicted molar refractivity (Wildman–Crippen MR) is 117 cm³/mol. The van der Waals surface area contributed by atoms with Gasteiger partial charge < -0.3 is 14.4 Å². The van der Waals surface area contributed by atoms with Crippen LogP contribution in [0.2, 0.25) is 0 Å². The van der Waals surface area contributed by atoms with Crippen LogP contribution in [0, 0.1) is 5.92 Å². The summed E-state index contributed by atoms with van der Waals surface area (Å²) in [5.74, 6) is 1.30. The lowest BCUT2D eigenvalue weighted by Gasteiger charge is -2.33. The molecule has 2 aromatic rings. The van der Waals surface area contributed by atoms with E-state index in [2.05, 4.69) is 11.6 Å². The van der Waals surface area contributed by atoms with E-state index in [0.29, 0.717) is 43.7 Å². The second-order valence-corrected chi connectivity index (χ2v) is 9.89. The molecule has 0 saturated carbocycles. The molecule has 1 saturated heterocycles. The second-order valence-electron chi connectivity index (χ2n) is 8.18. The van der Waals surface area contributed by atoms with Gasteiger partial charge in [0.05, 0.1) is 4.90 Å². The zero-order chi connectivity index (χ0) is 21.8. The summed E-state index contributed by atoms with van der Waals surface area (Å²) in [6, 6.07) is 13.1. The SMILES string of the molecule is CC1CCN(C(=O)[C@@H](Cc2ccccc2)NS(=O)(=O)c2ccc3c(c2)OCCO3)CC1. The van der Waals surface area contributed by atoms with Gasteiger partial charge in [-0.05, 0) is 42.9 Å². The van der Waals surface area contributed by atoms with E-state index in [-0.39, 0.29) is 17.2 Å². The number of likely N-dealkylation sites (tertiary alicyclic amines) is 1. The Bertz CT molecular complexity index is 1020. The van der Waals surface area contributed by atoms with Crippen LogP contribution in [-0.4, -0.2) is 51.6 Å². The highest BCUT2D eigenvalue weighted by Crippen LogP contribution is 2.32. The van der Waals surface area contributed by atoms with E-state index in [4.69, 9.17) is 9.47 Å². The number of rotatable bonds is 6. The lowest BCUT2D eigenvalue weighted by atomic mass is 9.98. The predicted octanol–water partition coefficient (Wildman–Crippen LogP) is 2.61. The van der Waals surface area contributed by atoms with Crippen molar-refractivity contribution in [3.8, 4) is 11.5 Å². The van der Waals surface area contributed by atoms with Crippen LogP contribution in [-0.2, 0) is 21.2 Å². The Morgan fingerprint density at radius 3 is 2.45 bits per heavy atom. The van der Waals surface area contributed by atoms with Crippen LogP contribution in [0.5, 0.6) is 11.5 Å². The maximum atomic E-state index is 13.3. The van der Waals surface area contributed by atoms with Gasteiger partial charge in [-0.15, -0.1) is 0 Å². The first-order valence-corrected chi connectivity index (χ1v) is 12.2. The molecule has 0 aromatic heterocycles. The molecule has 8 heteroatoms. The lowest BCUT2D eigenvalue weighted by Crippen LogP contribution is -2.51. The molecular weight excluding hydrogens is 416 g/mol. The molecule has 2 heterocycles. The number of nitrogens with one attached hydrogen (secondary N) is 1. The summed E-state index contributed by atoms with van der Waals surface area (Å²) in [6.07, 6.45) is 2.15. The van der Waals surface area contributed by atoms with Gasteiger partial charge in [-0.25, -0.2) is 8.42 Å². The summed E-state index contributed by atoms with van der Waals surface area (Å²) in [6.45, 7) is 4.27. The molecule has 2 aliphatic heterocycles. The third-order valence-corrected chi connectivity index (χ3v) is 7.27. The van der Waals surface area contributed by atoms with Gasteiger partial charge in [0, 0.05) is 19.2 Å². The fourth-order valence-corrected chi connectivity index (χ4v) is 5.13. The molecule has 1 N–H and O–H groups in total. The molecule has 1 fully saturated rings. The number of carbonyl (C=O) groups excluding carboxylic acids is 1. The molecule has 2 aliphatic rings. The fraction of sp³-hybridized carbons (Fsp3) is 0.435. The molecule has 4 rings (SSSR count). The largest absolute Gasteiger partial charge is 0.486 e. The summed E-state index contributed by atoms with van der Waals surface area (Å²) in [7, 11) is -3.94. The van der Waals surface area contributed by atoms with E-state index in [1.807, 2.05) is 30.3 Å². The topological polar surface area (TPSA) is 84.9 Å². The van der Waals surface area contributed by atoms with Crippen LogP contribution < -0.4 is 14.2 Å². The zero-order valence-corrected chi connectivity index (χ0v) is 18.4. The minimum Gasteiger partial charge on any atom is -0.486 e. The molecule has 0 spiro atoms. The van der Waals surface area contributed by atoms with Crippen LogP contribution >= 0.6 is 0 Å². The van der Waals surface area contributed by atoms with E-state index in [0.717, 1.165) is 18.4 Å². The first-order valence-electron chi connectivity index (χ1n) is 10.7. The number of carbonyl (C=O) groups is 1. The minimum atomic E-state index is -3.94. The van der Waals surface area contributed by atoms with Gasteiger partial charge in [0.2, 0.25) is 15.9 Å². The van der Waals surface area contributed by atoms with Crippen molar-refractivity contribution in [2.45, 2.75) is 37.1 Å². The number of ether oxygens (including phenoxy) is 2. The number of sulfonamides is 1. The molecular formula is C23H28N2O5S. The van der Waals surface area contributed by atoms with Crippen molar-refractivity contribution >= 4 is 15.9 Å². The summed E-state index contributed by atoms with van der Waals surface area (Å²) >= 11 is 0. The van der Waals surface area contributed by atoms with Gasteiger partial charge in [-0.2, -0.15) is 4.72 Å². The minimum absolute atomic E-state index is 0.0508. The van der Waals surface area contributed by atoms with E-state index in [9.17, 15) is 13.2 Å². The van der Waals surface area contributed by atoms with Crippen molar-refractivity contribution in [2.24, 2.45) is 5.92 Å². The van der Waals surface area contributed by atoms with Gasteiger partial charge >= 0.3 is 0 Å². The van der Waals surface area contributed by atoms with Gasteiger partial charge in [0.1, 0.15) is 19.3 Å². The molecule has 166 valence electrons. The molecule has 1 atom stereocenters. The summed E-state index contributed by atoms with van der Waals surface area (Å²) in [5.41, 5.74) is 0.899. The Morgan fingerprint density at radius 1 is 1.06 bits per heavy atom.